The minimum Gasteiger partial charge on any atom is -0.465 e. The van der Waals surface area contributed by atoms with Gasteiger partial charge in [0.25, 0.3) is 0 Å². The third-order valence-corrected chi connectivity index (χ3v) is 7.91. The minimum atomic E-state index is -0.948. The van der Waals surface area contributed by atoms with Crippen molar-refractivity contribution in [1.29, 1.82) is 0 Å². The fraction of sp³-hybridized carbons (Fsp3) is 0.750. The highest BCUT2D eigenvalue weighted by atomic mass is 16.4. The third-order valence-electron chi connectivity index (χ3n) is 7.91. The Morgan fingerprint density at radius 1 is 1.25 bits per heavy atom. The SMILES string of the molecule is C[C@]12C=CC(NC(=O)O)CC1=CC[C@@H]1[C@H]2CC[C@]2(C)C(O)CC[C@@H]12. The maximum Gasteiger partial charge on any atom is 0.405 e. The van der Waals surface area contributed by atoms with Crippen LogP contribution in [0.25, 0.3) is 0 Å². The molecule has 2 fully saturated rings. The van der Waals surface area contributed by atoms with Crippen LogP contribution in [0.15, 0.2) is 23.8 Å². The molecule has 0 bridgehead atoms. The van der Waals surface area contributed by atoms with Crippen LogP contribution in [0.3, 0.4) is 0 Å². The van der Waals surface area contributed by atoms with Gasteiger partial charge in [0.15, 0.2) is 0 Å². The standard InChI is InChI=1S/C20H29NO3/c1-19-9-7-13(21-18(23)24)11-12(19)3-4-14-15-5-6-17(22)20(15,2)10-8-16(14)19/h3,7,9,13-17,21-22H,4-6,8,10-11H2,1-2H3,(H,23,24)/t13?,14-,15-,16+,17?,19-,20-/m0/s1. The number of carboxylic acid groups (broad SMARTS) is 1. The van der Waals surface area contributed by atoms with E-state index < -0.39 is 6.09 Å². The van der Waals surface area contributed by atoms with Gasteiger partial charge in [-0.25, -0.2) is 4.79 Å². The van der Waals surface area contributed by atoms with Crippen LogP contribution < -0.4 is 5.32 Å². The van der Waals surface area contributed by atoms with Crippen molar-refractivity contribution in [2.45, 2.75) is 64.5 Å². The Morgan fingerprint density at radius 2 is 2.04 bits per heavy atom. The van der Waals surface area contributed by atoms with Gasteiger partial charge in [0, 0.05) is 5.41 Å². The summed E-state index contributed by atoms with van der Waals surface area (Å²) in [6.45, 7) is 4.65. The third kappa shape index (κ3) is 2.18. The summed E-state index contributed by atoms with van der Waals surface area (Å²) in [7, 11) is 0. The van der Waals surface area contributed by atoms with Gasteiger partial charge in [-0.2, -0.15) is 0 Å². The van der Waals surface area contributed by atoms with Crippen molar-refractivity contribution in [1.82, 2.24) is 5.32 Å². The van der Waals surface area contributed by atoms with Crippen LogP contribution in [0.5, 0.6) is 0 Å². The summed E-state index contributed by atoms with van der Waals surface area (Å²) < 4.78 is 0. The first-order chi connectivity index (χ1) is 11.3. The lowest BCUT2D eigenvalue weighted by Crippen LogP contribution is -2.50. The van der Waals surface area contributed by atoms with E-state index in [1.807, 2.05) is 0 Å². The molecular formula is C20H29NO3. The maximum absolute atomic E-state index is 10.9. The quantitative estimate of drug-likeness (QED) is 0.641. The van der Waals surface area contributed by atoms with Gasteiger partial charge in [-0.3, -0.25) is 0 Å². The van der Waals surface area contributed by atoms with E-state index in [4.69, 9.17) is 5.11 Å². The first kappa shape index (κ1) is 16.2. The van der Waals surface area contributed by atoms with Gasteiger partial charge in [-0.05, 0) is 61.7 Å². The Labute approximate surface area is 144 Å². The normalized spacial score (nSPS) is 49.6. The predicted octanol–water partition coefficient (Wildman–Crippen LogP) is 3.72. The van der Waals surface area contributed by atoms with Gasteiger partial charge < -0.3 is 15.5 Å². The summed E-state index contributed by atoms with van der Waals surface area (Å²) in [6.07, 6.45) is 11.9. The minimum absolute atomic E-state index is 0.0640. The Bertz CT molecular complexity index is 612. The summed E-state index contributed by atoms with van der Waals surface area (Å²) in [6, 6.07) is -0.0967. The highest BCUT2D eigenvalue weighted by molar-refractivity contribution is 5.65. The summed E-state index contributed by atoms with van der Waals surface area (Å²) in [4.78, 5) is 10.9. The fourth-order valence-corrected chi connectivity index (χ4v) is 6.48. The highest BCUT2D eigenvalue weighted by Gasteiger charge is 2.57. The number of aliphatic hydroxyl groups is 1. The van der Waals surface area contributed by atoms with E-state index in [9.17, 15) is 9.90 Å². The molecule has 4 aliphatic carbocycles. The number of aliphatic hydroxyl groups excluding tert-OH is 1. The second kappa shape index (κ2) is 5.35. The lowest BCUT2D eigenvalue weighted by Gasteiger charge is -2.56. The lowest BCUT2D eigenvalue weighted by atomic mass is 9.49. The van der Waals surface area contributed by atoms with Crippen LogP contribution in [0.1, 0.15) is 52.4 Å². The second-order valence-corrected chi connectivity index (χ2v) is 8.88. The van der Waals surface area contributed by atoms with Crippen LogP contribution in [-0.4, -0.2) is 28.5 Å². The van der Waals surface area contributed by atoms with Gasteiger partial charge in [-0.1, -0.05) is 37.6 Å². The molecule has 1 amide bonds. The molecule has 0 aromatic rings. The molecule has 3 N–H and O–H groups in total. The predicted molar refractivity (Wildman–Crippen MR) is 92.6 cm³/mol. The van der Waals surface area contributed by atoms with Crippen molar-refractivity contribution in [2.24, 2.45) is 28.6 Å². The molecule has 4 rings (SSSR count). The summed E-state index contributed by atoms with van der Waals surface area (Å²) >= 11 is 0. The van der Waals surface area contributed by atoms with Gasteiger partial charge in [-0.15, -0.1) is 0 Å². The second-order valence-electron chi connectivity index (χ2n) is 8.88. The van der Waals surface area contributed by atoms with Crippen molar-refractivity contribution in [3.05, 3.63) is 23.8 Å². The Hall–Kier alpha value is -1.29. The Balaban J connectivity index is 1.62. The topological polar surface area (TPSA) is 69.6 Å². The number of allylic oxidation sites excluding steroid dienone is 2. The van der Waals surface area contributed by atoms with Crippen LogP contribution in [0.4, 0.5) is 4.79 Å². The molecule has 4 nitrogen and oxygen atoms in total. The number of carbonyl (C=O) groups is 1. The lowest BCUT2D eigenvalue weighted by molar-refractivity contribution is -0.0542. The molecule has 2 unspecified atom stereocenters. The monoisotopic (exact) mass is 331 g/mol. The molecule has 0 saturated heterocycles. The fourth-order valence-electron chi connectivity index (χ4n) is 6.48. The molecule has 0 radical (unpaired) electrons. The summed E-state index contributed by atoms with van der Waals surface area (Å²) in [5.74, 6) is 1.91. The van der Waals surface area contributed by atoms with Crippen molar-refractivity contribution in [3.63, 3.8) is 0 Å². The van der Waals surface area contributed by atoms with Gasteiger partial charge in [0.2, 0.25) is 0 Å². The summed E-state index contributed by atoms with van der Waals surface area (Å²) in [5, 5.41) is 22.1. The first-order valence-corrected chi connectivity index (χ1v) is 9.41. The Morgan fingerprint density at radius 3 is 2.79 bits per heavy atom. The first-order valence-electron chi connectivity index (χ1n) is 9.41. The van der Waals surface area contributed by atoms with Crippen molar-refractivity contribution in [3.8, 4) is 0 Å². The van der Waals surface area contributed by atoms with Gasteiger partial charge in [0.05, 0.1) is 12.1 Å². The van der Waals surface area contributed by atoms with E-state index >= 15 is 0 Å². The number of rotatable bonds is 1. The molecule has 24 heavy (non-hydrogen) atoms. The molecule has 2 saturated carbocycles. The van der Waals surface area contributed by atoms with Crippen molar-refractivity contribution in [2.75, 3.05) is 0 Å². The van der Waals surface area contributed by atoms with E-state index in [0.717, 1.165) is 32.1 Å². The smallest absolute Gasteiger partial charge is 0.405 e. The Kier molecular flexibility index (Phi) is 3.61. The molecule has 4 heteroatoms. The molecule has 0 aliphatic heterocycles. The maximum atomic E-state index is 10.9. The average molecular weight is 331 g/mol. The molecular weight excluding hydrogens is 302 g/mol. The molecule has 132 valence electrons. The molecule has 0 aromatic carbocycles. The molecule has 4 aliphatic rings. The van der Waals surface area contributed by atoms with Crippen molar-refractivity contribution < 1.29 is 15.0 Å². The number of amides is 1. The zero-order chi connectivity index (χ0) is 17.1. The average Bonchev–Trinajstić information content (AvgIpc) is 2.83. The van der Waals surface area contributed by atoms with Gasteiger partial charge in [0.1, 0.15) is 0 Å². The summed E-state index contributed by atoms with van der Waals surface area (Å²) in [5.41, 5.74) is 1.58. The van der Waals surface area contributed by atoms with Crippen molar-refractivity contribution >= 4 is 6.09 Å². The van der Waals surface area contributed by atoms with Crippen LogP contribution in [0, 0.1) is 28.6 Å². The van der Waals surface area contributed by atoms with E-state index in [0.29, 0.717) is 17.8 Å². The highest BCUT2D eigenvalue weighted by Crippen LogP contribution is 2.63. The molecule has 7 atom stereocenters. The van der Waals surface area contributed by atoms with Crippen LogP contribution in [0.2, 0.25) is 0 Å². The van der Waals surface area contributed by atoms with Crippen LogP contribution in [-0.2, 0) is 0 Å². The van der Waals surface area contributed by atoms with Crippen LogP contribution >= 0.6 is 0 Å². The van der Waals surface area contributed by atoms with E-state index in [1.54, 1.807) is 0 Å². The molecule has 0 spiro atoms. The largest absolute Gasteiger partial charge is 0.465 e. The van der Waals surface area contributed by atoms with Gasteiger partial charge >= 0.3 is 6.09 Å². The number of fused-ring (bicyclic) bond motifs is 5. The number of hydrogen-bond donors (Lipinski definition) is 3. The molecule has 0 aromatic heterocycles. The van der Waals surface area contributed by atoms with E-state index in [-0.39, 0.29) is 23.0 Å². The number of nitrogens with one attached hydrogen (secondary N) is 1. The zero-order valence-electron chi connectivity index (χ0n) is 14.7. The van der Waals surface area contributed by atoms with E-state index in [2.05, 4.69) is 37.4 Å². The zero-order valence-corrected chi connectivity index (χ0v) is 14.7. The van der Waals surface area contributed by atoms with E-state index in [1.165, 1.54) is 12.0 Å². The molecule has 0 heterocycles. The number of hydrogen-bond acceptors (Lipinski definition) is 2.